The molecule has 17 nitrogen and oxygen atoms in total. The van der Waals surface area contributed by atoms with Crippen LogP contribution in [0, 0.1) is 0 Å². The molecular weight excluding hydrogens is 1430 g/mol. The Morgan fingerprint density at radius 3 is 0.782 bits per heavy atom. The van der Waals surface area contributed by atoms with Crippen molar-refractivity contribution in [1.29, 1.82) is 0 Å². The van der Waals surface area contributed by atoms with E-state index in [4.69, 9.17) is 37.0 Å². The second-order valence-corrected chi connectivity index (χ2v) is 30.6. The number of hydrogen-bond donors (Lipinski definition) is 3. The van der Waals surface area contributed by atoms with Crippen molar-refractivity contribution in [1.82, 2.24) is 0 Å². The lowest BCUT2D eigenvalue weighted by atomic mass is 10.0. The standard InChI is InChI=1S/C91H150O17P2/c1-5-9-13-17-21-25-29-33-37-40-42-45-49-52-56-60-64-68-72-76-89(94)102-82-87(108-91(96)78-74-70-66-62-58-54-50-46-43-41-38-34-30-26-22-18-14-10-6-2)84-106-110(99,100)104-80-85(92)79-103-109(97,98)105-83-86(107-90(95)77-73-69-65-61-57-53-47-36-32-28-24-20-16-12-8-4)81-101-88(93)75-71-67-63-59-55-51-48-44-39-35-31-27-23-19-15-11-7-3/h9-10,13-14,21-23,25-27,33-35,37-39,42-43,45-46,48,51-52,54,56,58-59,63,85-87,92H,5-8,11-12,15-20,24,28-32,36,40-41,44,47,49-50,53,55,57,60-62,64-84H2,1-4H3,(H,97,98)(H,99,100)/b13-9-,14-10-,25-21-,26-22-,27-23-,37-33-,38-34-,39-35-,45-42-,46-43-,51-48-,56-52-,58-54-,63-59-/t85-,86+,87+/m0/s1. The lowest BCUT2D eigenvalue weighted by Gasteiger charge is -2.21. The summed E-state index contributed by atoms with van der Waals surface area (Å²) in [6.45, 7) is 4.50. The molecule has 0 saturated heterocycles. The van der Waals surface area contributed by atoms with E-state index in [9.17, 15) is 43.2 Å². The summed E-state index contributed by atoms with van der Waals surface area (Å²) in [6, 6.07) is 0. The van der Waals surface area contributed by atoms with E-state index in [0.29, 0.717) is 32.1 Å². The van der Waals surface area contributed by atoms with E-state index >= 15 is 0 Å². The average molecular weight is 1580 g/mol. The smallest absolute Gasteiger partial charge is 0.462 e. The van der Waals surface area contributed by atoms with E-state index in [0.717, 1.165) is 154 Å². The summed E-state index contributed by atoms with van der Waals surface area (Å²) in [7, 11) is -10.0. The Morgan fingerprint density at radius 1 is 0.264 bits per heavy atom. The van der Waals surface area contributed by atoms with Crippen LogP contribution < -0.4 is 0 Å². The van der Waals surface area contributed by atoms with E-state index in [1.807, 2.05) is 12.2 Å². The second-order valence-electron chi connectivity index (χ2n) is 27.7. The zero-order valence-corrected chi connectivity index (χ0v) is 70.4. The number of ether oxygens (including phenoxy) is 4. The predicted molar refractivity (Wildman–Crippen MR) is 454 cm³/mol. The van der Waals surface area contributed by atoms with Gasteiger partial charge in [0.2, 0.25) is 0 Å². The molecule has 0 aliphatic carbocycles. The van der Waals surface area contributed by atoms with Gasteiger partial charge in [-0.05, 0) is 154 Å². The summed E-state index contributed by atoms with van der Waals surface area (Å²) in [5.74, 6) is -2.32. The summed E-state index contributed by atoms with van der Waals surface area (Å²) in [5.41, 5.74) is 0. The Kier molecular flexibility index (Phi) is 77.3. The molecule has 0 spiro atoms. The minimum atomic E-state index is -5.01. The highest BCUT2D eigenvalue weighted by atomic mass is 31.2. The summed E-state index contributed by atoms with van der Waals surface area (Å²) in [4.78, 5) is 73.2. The van der Waals surface area contributed by atoms with Crippen molar-refractivity contribution in [2.24, 2.45) is 0 Å². The number of esters is 4. The molecule has 0 fully saturated rings. The molecule has 0 aromatic heterocycles. The Balaban J connectivity index is 5.50. The molecule has 0 bridgehead atoms. The van der Waals surface area contributed by atoms with Gasteiger partial charge >= 0.3 is 39.5 Å². The van der Waals surface area contributed by atoms with Crippen molar-refractivity contribution in [3.05, 3.63) is 170 Å². The van der Waals surface area contributed by atoms with Crippen molar-refractivity contribution >= 4 is 39.5 Å². The van der Waals surface area contributed by atoms with Gasteiger partial charge in [-0.1, -0.05) is 313 Å². The molecule has 5 atom stereocenters. The van der Waals surface area contributed by atoms with Crippen LogP contribution in [-0.2, 0) is 65.4 Å². The Labute approximate surface area is 667 Å². The number of phosphoric ester groups is 2. The van der Waals surface area contributed by atoms with Gasteiger partial charge < -0.3 is 33.8 Å². The topological polar surface area (TPSA) is 237 Å². The zero-order chi connectivity index (χ0) is 80.3. The van der Waals surface area contributed by atoms with Gasteiger partial charge in [0.15, 0.2) is 12.2 Å². The highest BCUT2D eigenvalue weighted by Gasteiger charge is 2.30. The molecule has 19 heteroatoms. The Morgan fingerprint density at radius 2 is 0.482 bits per heavy atom. The van der Waals surface area contributed by atoms with Gasteiger partial charge in [-0.25, -0.2) is 9.13 Å². The Hall–Kier alpha value is -5.58. The minimum Gasteiger partial charge on any atom is -0.462 e. The van der Waals surface area contributed by atoms with E-state index in [2.05, 4.69) is 186 Å². The maximum Gasteiger partial charge on any atom is 0.472 e. The van der Waals surface area contributed by atoms with Gasteiger partial charge in [0.25, 0.3) is 0 Å². The first-order chi connectivity index (χ1) is 53.7. The number of carbonyl (C=O) groups excluding carboxylic acids is 4. The number of phosphoric acid groups is 2. The van der Waals surface area contributed by atoms with E-state index in [-0.39, 0.29) is 25.7 Å². The monoisotopic (exact) mass is 1580 g/mol. The van der Waals surface area contributed by atoms with Gasteiger partial charge in [-0.2, -0.15) is 0 Å². The molecule has 0 aromatic carbocycles. The third-order valence-corrected chi connectivity index (χ3v) is 19.1. The average Bonchev–Trinajstić information content (AvgIpc) is 0.900. The fourth-order valence-corrected chi connectivity index (χ4v) is 12.4. The first kappa shape index (κ1) is 104. The van der Waals surface area contributed by atoms with Crippen molar-refractivity contribution in [3.63, 3.8) is 0 Å². The minimum absolute atomic E-state index is 0.0407. The fourth-order valence-electron chi connectivity index (χ4n) is 10.8. The molecule has 2 unspecified atom stereocenters. The van der Waals surface area contributed by atoms with Crippen LogP contribution in [0.15, 0.2) is 170 Å². The lowest BCUT2D eigenvalue weighted by Crippen LogP contribution is -2.30. The van der Waals surface area contributed by atoms with Gasteiger partial charge in [0.1, 0.15) is 19.3 Å². The molecule has 0 radical (unpaired) electrons. The molecule has 0 aromatic rings. The number of aliphatic hydroxyl groups excluding tert-OH is 1. The van der Waals surface area contributed by atoms with Crippen molar-refractivity contribution < 1.29 is 80.2 Å². The summed E-state index contributed by atoms with van der Waals surface area (Å²) in [6.07, 6.45) is 97.5. The van der Waals surface area contributed by atoms with E-state index in [1.54, 1.807) is 0 Å². The number of rotatable bonds is 78. The molecule has 110 heavy (non-hydrogen) atoms. The number of hydrogen-bond acceptors (Lipinski definition) is 15. The van der Waals surface area contributed by atoms with Crippen LogP contribution in [0.2, 0.25) is 0 Å². The number of aliphatic hydroxyl groups is 1. The zero-order valence-electron chi connectivity index (χ0n) is 68.6. The summed E-state index contributed by atoms with van der Waals surface area (Å²) >= 11 is 0. The normalized spacial score (nSPS) is 14.6. The molecule has 0 heterocycles. The molecule has 0 saturated carbocycles. The van der Waals surface area contributed by atoms with Crippen LogP contribution in [0.5, 0.6) is 0 Å². The van der Waals surface area contributed by atoms with Crippen LogP contribution in [0.25, 0.3) is 0 Å². The van der Waals surface area contributed by atoms with Gasteiger partial charge in [-0.15, -0.1) is 0 Å². The van der Waals surface area contributed by atoms with Crippen molar-refractivity contribution in [3.8, 4) is 0 Å². The van der Waals surface area contributed by atoms with Crippen LogP contribution in [0.4, 0.5) is 0 Å². The SMILES string of the molecule is CC/C=C\C/C=C\C/C=C\C/C=C\C/C=C\CCCCCC(=O)OC[C@H](COP(=O)(O)OC[C@@H](O)COP(=O)(O)OC[C@@H](COC(=O)CCC/C=C\C/C=C\C/C=C\C/C=C\CCCCC)OC(=O)CCCCCCCCCCCCCCCCC)OC(=O)CCCCC/C=C\C/C=C\C/C=C\C/C=C\C/C=C\CC. The van der Waals surface area contributed by atoms with Gasteiger partial charge in [0.05, 0.1) is 26.4 Å². The van der Waals surface area contributed by atoms with E-state index < -0.39 is 97.5 Å². The highest BCUT2D eigenvalue weighted by molar-refractivity contribution is 7.47. The Bertz CT molecular complexity index is 2750. The van der Waals surface area contributed by atoms with Crippen LogP contribution in [0.3, 0.4) is 0 Å². The predicted octanol–water partition coefficient (Wildman–Crippen LogP) is 25.3. The quantitative estimate of drug-likeness (QED) is 0.0169. The van der Waals surface area contributed by atoms with Crippen molar-refractivity contribution in [2.45, 2.75) is 341 Å². The van der Waals surface area contributed by atoms with Gasteiger partial charge in [0, 0.05) is 25.7 Å². The first-order valence-corrected chi connectivity index (χ1v) is 45.4. The molecule has 626 valence electrons. The number of unbranched alkanes of at least 4 members (excludes halogenated alkanes) is 24. The van der Waals surface area contributed by atoms with E-state index in [1.165, 1.54) is 83.5 Å². The van der Waals surface area contributed by atoms with Crippen molar-refractivity contribution in [2.75, 3.05) is 39.6 Å². The van der Waals surface area contributed by atoms with Crippen LogP contribution in [-0.4, -0.2) is 96.7 Å². The number of carbonyl (C=O) groups is 4. The van der Waals surface area contributed by atoms with Crippen LogP contribution in [0.1, 0.15) is 323 Å². The maximum atomic E-state index is 13.1. The largest absolute Gasteiger partial charge is 0.472 e. The molecular formula is C91H150O17P2. The highest BCUT2D eigenvalue weighted by Crippen LogP contribution is 2.45. The third-order valence-electron chi connectivity index (χ3n) is 17.2. The molecule has 0 rings (SSSR count). The molecule has 0 amide bonds. The fraction of sp³-hybridized carbons (Fsp3) is 0.648. The second kappa shape index (κ2) is 81.4. The van der Waals surface area contributed by atoms with Crippen LogP contribution >= 0.6 is 15.6 Å². The van der Waals surface area contributed by atoms with Gasteiger partial charge in [-0.3, -0.25) is 37.3 Å². The first-order valence-electron chi connectivity index (χ1n) is 42.4. The molecule has 0 aliphatic rings. The molecule has 0 aliphatic heterocycles. The number of allylic oxidation sites excluding steroid dienone is 28. The lowest BCUT2D eigenvalue weighted by molar-refractivity contribution is -0.161. The maximum absolute atomic E-state index is 13.1. The molecule has 3 N–H and O–H groups in total. The summed E-state index contributed by atoms with van der Waals surface area (Å²) < 4.78 is 68.7. The summed E-state index contributed by atoms with van der Waals surface area (Å²) in [5, 5.41) is 10.7. The third kappa shape index (κ3) is 80.5.